The second kappa shape index (κ2) is 8.47. The number of carbonyl (C=O) groups excluding carboxylic acids is 4. The Hall–Kier alpha value is -2.16. The minimum atomic E-state index is -1.16. The Morgan fingerprint density at radius 2 is 1.61 bits per heavy atom. The quantitative estimate of drug-likeness (QED) is 0.537. The molecule has 1 amide bonds. The van der Waals surface area contributed by atoms with Crippen LogP contribution in [0.5, 0.6) is 0 Å². The van der Waals surface area contributed by atoms with Gasteiger partial charge in [-0.25, -0.2) is 0 Å². The van der Waals surface area contributed by atoms with Gasteiger partial charge in [-0.05, 0) is 0 Å². The molecule has 0 radical (unpaired) electrons. The highest BCUT2D eigenvalue weighted by Gasteiger charge is 2.43. The smallest absolute Gasteiger partial charge is 0.305 e. The minimum Gasteiger partial charge on any atom is -0.463 e. The summed E-state index contributed by atoms with van der Waals surface area (Å²) < 4.78 is 20.7. The predicted molar refractivity (Wildman–Crippen MR) is 74.8 cm³/mol. The molecule has 1 aliphatic heterocycles. The van der Waals surface area contributed by atoms with E-state index in [0.29, 0.717) is 0 Å². The van der Waals surface area contributed by atoms with E-state index in [1.54, 1.807) is 0 Å². The minimum absolute atomic E-state index is 0.0857. The zero-order valence-electron chi connectivity index (χ0n) is 13.5. The molecular weight excluding hydrogens is 310 g/mol. The van der Waals surface area contributed by atoms with E-state index >= 15 is 0 Å². The molecule has 4 atom stereocenters. The van der Waals surface area contributed by atoms with Crippen LogP contribution >= 0.6 is 0 Å². The number of ether oxygens (including phenoxy) is 4. The lowest BCUT2D eigenvalue weighted by atomic mass is 9.99. The molecule has 0 spiro atoms. The Labute approximate surface area is 133 Å². The van der Waals surface area contributed by atoms with Gasteiger partial charge >= 0.3 is 17.9 Å². The first-order valence-electron chi connectivity index (χ1n) is 7.09. The molecule has 0 aromatic heterocycles. The molecule has 1 fully saturated rings. The molecule has 0 aromatic carbocycles. The van der Waals surface area contributed by atoms with Crippen LogP contribution in [-0.2, 0) is 38.1 Å². The van der Waals surface area contributed by atoms with Crippen LogP contribution in [0.1, 0.15) is 34.1 Å². The van der Waals surface area contributed by atoms with E-state index in [1.165, 1.54) is 27.7 Å². The molecule has 1 unspecified atom stereocenters. The van der Waals surface area contributed by atoms with Crippen molar-refractivity contribution in [2.45, 2.75) is 58.7 Å². The monoisotopic (exact) mass is 331 g/mol. The van der Waals surface area contributed by atoms with Gasteiger partial charge in [0, 0.05) is 34.1 Å². The number of hydrogen-bond acceptors (Lipinski definition) is 8. The van der Waals surface area contributed by atoms with Crippen LogP contribution in [0.3, 0.4) is 0 Å². The second-order valence-corrected chi connectivity index (χ2v) is 5.15. The van der Waals surface area contributed by atoms with Crippen LogP contribution in [0.4, 0.5) is 0 Å². The lowest BCUT2D eigenvalue weighted by molar-refractivity contribution is -0.237. The molecule has 130 valence electrons. The lowest BCUT2D eigenvalue weighted by Gasteiger charge is -2.40. The number of nitrogens with one attached hydrogen (secondary N) is 1. The SMILES string of the molecule is CC(=O)N[C@H]1C(OC(C)=O)O[C@H](COC(C)=O)C[C@@H]1OC(C)=O. The molecule has 1 saturated heterocycles. The second-order valence-electron chi connectivity index (χ2n) is 5.15. The van der Waals surface area contributed by atoms with E-state index < -0.39 is 48.4 Å². The van der Waals surface area contributed by atoms with E-state index in [4.69, 9.17) is 18.9 Å². The molecule has 1 rings (SSSR count). The average molecular weight is 331 g/mol. The standard InChI is InChI=1S/C14H21NO8/c1-7(16)15-13-12(21-9(3)18)5-11(6-20-8(2)17)23-14(13)22-10(4)19/h11-14H,5-6H2,1-4H3,(H,15,16)/t11-,12-,13+,14?/m0/s1. The number of hydrogen-bond donors (Lipinski definition) is 1. The van der Waals surface area contributed by atoms with E-state index in [9.17, 15) is 19.2 Å². The van der Waals surface area contributed by atoms with Crippen molar-refractivity contribution in [2.75, 3.05) is 6.61 Å². The third-order valence-corrected chi connectivity index (χ3v) is 2.96. The number of carbonyl (C=O) groups is 4. The van der Waals surface area contributed by atoms with Crippen LogP contribution < -0.4 is 5.32 Å². The molecule has 0 aromatic rings. The Morgan fingerprint density at radius 1 is 1.00 bits per heavy atom. The zero-order valence-corrected chi connectivity index (χ0v) is 13.5. The molecule has 9 nitrogen and oxygen atoms in total. The van der Waals surface area contributed by atoms with Crippen molar-refractivity contribution in [1.82, 2.24) is 5.32 Å². The van der Waals surface area contributed by atoms with E-state index in [1.807, 2.05) is 0 Å². The fourth-order valence-corrected chi connectivity index (χ4v) is 2.22. The fourth-order valence-electron chi connectivity index (χ4n) is 2.22. The van der Waals surface area contributed by atoms with Crippen LogP contribution in [0.25, 0.3) is 0 Å². The summed E-state index contributed by atoms with van der Waals surface area (Å²) in [6.07, 6.45) is -2.40. The molecule has 9 heteroatoms. The first-order valence-corrected chi connectivity index (χ1v) is 7.09. The summed E-state index contributed by atoms with van der Waals surface area (Å²) >= 11 is 0. The van der Waals surface area contributed by atoms with Crippen molar-refractivity contribution >= 4 is 23.8 Å². The van der Waals surface area contributed by atoms with Crippen LogP contribution in [0.2, 0.25) is 0 Å². The van der Waals surface area contributed by atoms with Crippen LogP contribution in [-0.4, -0.2) is 55.0 Å². The normalized spacial score (nSPS) is 26.8. The fraction of sp³-hybridized carbons (Fsp3) is 0.714. The maximum Gasteiger partial charge on any atom is 0.305 e. The zero-order chi connectivity index (χ0) is 17.6. The van der Waals surface area contributed by atoms with E-state index in [-0.39, 0.29) is 13.0 Å². The topological polar surface area (TPSA) is 117 Å². The summed E-state index contributed by atoms with van der Waals surface area (Å²) in [4.78, 5) is 44.8. The summed E-state index contributed by atoms with van der Waals surface area (Å²) in [6.45, 7) is 4.85. The molecule has 1 N–H and O–H groups in total. The predicted octanol–water partition coefficient (Wildman–Crippen LogP) is -0.336. The van der Waals surface area contributed by atoms with Gasteiger partial charge in [-0.2, -0.15) is 0 Å². The Kier molecular flexibility index (Phi) is 6.95. The first kappa shape index (κ1) is 18.9. The summed E-state index contributed by atoms with van der Waals surface area (Å²) in [6, 6.07) is -0.853. The van der Waals surface area contributed by atoms with E-state index in [2.05, 4.69) is 5.32 Å². The highest BCUT2D eigenvalue weighted by Crippen LogP contribution is 2.24. The Morgan fingerprint density at radius 3 is 2.09 bits per heavy atom. The third kappa shape index (κ3) is 6.64. The van der Waals surface area contributed by atoms with Gasteiger partial charge in [0.25, 0.3) is 0 Å². The Balaban J connectivity index is 2.92. The number of rotatable bonds is 5. The van der Waals surface area contributed by atoms with E-state index in [0.717, 1.165) is 0 Å². The average Bonchev–Trinajstić information content (AvgIpc) is 2.38. The summed E-state index contributed by atoms with van der Waals surface area (Å²) in [7, 11) is 0. The van der Waals surface area contributed by atoms with Crippen molar-refractivity contribution in [2.24, 2.45) is 0 Å². The lowest BCUT2D eigenvalue weighted by Crippen LogP contribution is -2.59. The summed E-state index contributed by atoms with van der Waals surface area (Å²) in [5, 5.41) is 2.55. The van der Waals surface area contributed by atoms with Gasteiger partial charge in [0.1, 0.15) is 18.8 Å². The highest BCUT2D eigenvalue weighted by atomic mass is 16.7. The molecule has 0 saturated carbocycles. The maximum absolute atomic E-state index is 11.4. The third-order valence-electron chi connectivity index (χ3n) is 2.96. The molecule has 1 aliphatic rings. The van der Waals surface area contributed by atoms with Gasteiger partial charge in [-0.3, -0.25) is 19.2 Å². The van der Waals surface area contributed by atoms with Crippen LogP contribution in [0, 0.1) is 0 Å². The van der Waals surface area contributed by atoms with Crippen molar-refractivity contribution in [3.63, 3.8) is 0 Å². The van der Waals surface area contributed by atoms with Gasteiger partial charge in [-0.15, -0.1) is 0 Å². The molecule has 0 bridgehead atoms. The largest absolute Gasteiger partial charge is 0.463 e. The van der Waals surface area contributed by atoms with Gasteiger partial charge < -0.3 is 24.3 Å². The Bertz CT molecular complexity index is 451. The summed E-state index contributed by atoms with van der Waals surface area (Å²) in [5.74, 6) is -2.07. The van der Waals surface area contributed by atoms with Crippen molar-refractivity contribution in [3.8, 4) is 0 Å². The summed E-state index contributed by atoms with van der Waals surface area (Å²) in [5.41, 5.74) is 0. The van der Waals surface area contributed by atoms with Crippen molar-refractivity contribution in [1.29, 1.82) is 0 Å². The van der Waals surface area contributed by atoms with Crippen molar-refractivity contribution in [3.05, 3.63) is 0 Å². The van der Waals surface area contributed by atoms with Gasteiger partial charge in [0.15, 0.2) is 0 Å². The van der Waals surface area contributed by atoms with Gasteiger partial charge in [0.2, 0.25) is 12.2 Å². The number of esters is 3. The van der Waals surface area contributed by atoms with Crippen molar-refractivity contribution < 1.29 is 38.1 Å². The molecular formula is C14H21NO8. The van der Waals surface area contributed by atoms with Gasteiger partial charge in [-0.1, -0.05) is 0 Å². The molecule has 23 heavy (non-hydrogen) atoms. The molecule has 0 aliphatic carbocycles. The first-order chi connectivity index (χ1) is 10.7. The highest BCUT2D eigenvalue weighted by molar-refractivity contribution is 5.73. The number of amides is 1. The van der Waals surface area contributed by atoms with Crippen LogP contribution in [0.15, 0.2) is 0 Å². The molecule has 1 heterocycles. The van der Waals surface area contributed by atoms with Gasteiger partial charge in [0.05, 0.1) is 6.10 Å². The maximum atomic E-state index is 11.4.